The Labute approximate surface area is 97.0 Å². The van der Waals surface area contributed by atoms with Gasteiger partial charge in [-0.3, -0.25) is 15.0 Å². The van der Waals surface area contributed by atoms with Crippen LogP contribution in [0.25, 0.3) is 0 Å². The molecule has 3 heterocycles. The molecule has 0 aromatic carbocycles. The maximum absolute atomic E-state index is 12.2. The van der Waals surface area contributed by atoms with E-state index in [9.17, 15) is 4.79 Å². The molecule has 0 aromatic heterocycles. The van der Waals surface area contributed by atoms with Crippen molar-refractivity contribution in [3.05, 3.63) is 0 Å². The molecule has 90 valence electrons. The van der Waals surface area contributed by atoms with Crippen LogP contribution in [0.15, 0.2) is 0 Å². The predicted molar refractivity (Wildman–Crippen MR) is 61.9 cm³/mol. The molecular weight excluding hydrogens is 202 g/mol. The third-order valence-electron chi connectivity index (χ3n) is 4.47. The van der Waals surface area contributed by atoms with E-state index in [2.05, 4.69) is 22.0 Å². The predicted octanol–water partition coefficient (Wildman–Crippen LogP) is 0.391. The van der Waals surface area contributed by atoms with Crippen LogP contribution in [0.4, 0.5) is 0 Å². The minimum atomic E-state index is 0.0791. The summed E-state index contributed by atoms with van der Waals surface area (Å²) in [5, 5.41) is 3.32. The minimum Gasteiger partial charge on any atom is -0.324 e. The van der Waals surface area contributed by atoms with E-state index in [1.54, 1.807) is 0 Å². The fourth-order valence-electron chi connectivity index (χ4n) is 3.59. The van der Waals surface area contributed by atoms with E-state index in [4.69, 9.17) is 0 Å². The van der Waals surface area contributed by atoms with Gasteiger partial charge in [0.1, 0.15) is 0 Å². The lowest BCUT2D eigenvalue weighted by molar-refractivity contribution is -0.131. The summed E-state index contributed by atoms with van der Waals surface area (Å²) in [5.41, 5.74) is 0. The number of hydrogen-bond acceptors (Lipinski definition) is 3. The molecule has 0 bridgehead atoms. The third-order valence-corrected chi connectivity index (χ3v) is 4.47. The molecule has 3 aliphatic heterocycles. The highest BCUT2D eigenvalue weighted by Gasteiger charge is 2.44. The monoisotopic (exact) mass is 223 g/mol. The van der Waals surface area contributed by atoms with Crippen LogP contribution in [0.5, 0.6) is 0 Å². The molecule has 0 saturated carbocycles. The zero-order valence-electron chi connectivity index (χ0n) is 9.98. The van der Waals surface area contributed by atoms with Crippen LogP contribution in [0.2, 0.25) is 0 Å². The molecule has 0 radical (unpaired) electrons. The zero-order chi connectivity index (χ0) is 11.1. The Bertz CT molecular complexity index is 294. The van der Waals surface area contributed by atoms with Crippen LogP contribution in [0.1, 0.15) is 32.6 Å². The van der Waals surface area contributed by atoms with E-state index in [1.165, 1.54) is 32.4 Å². The Morgan fingerprint density at radius 3 is 2.94 bits per heavy atom. The van der Waals surface area contributed by atoms with Crippen LogP contribution >= 0.6 is 0 Å². The first-order valence-electron chi connectivity index (χ1n) is 6.59. The van der Waals surface area contributed by atoms with Crippen molar-refractivity contribution in [3.63, 3.8) is 0 Å². The number of carbonyl (C=O) groups excluding carboxylic acids is 1. The first kappa shape index (κ1) is 10.5. The molecule has 3 aliphatic rings. The summed E-state index contributed by atoms with van der Waals surface area (Å²) in [6.45, 7) is 5.28. The van der Waals surface area contributed by atoms with Gasteiger partial charge in [0.25, 0.3) is 0 Å². The highest BCUT2D eigenvalue weighted by Crippen LogP contribution is 2.32. The summed E-state index contributed by atoms with van der Waals surface area (Å²) in [4.78, 5) is 16.8. The molecule has 3 atom stereocenters. The van der Waals surface area contributed by atoms with Crippen molar-refractivity contribution in [2.75, 3.05) is 19.8 Å². The summed E-state index contributed by atoms with van der Waals surface area (Å²) in [5.74, 6) is 0.334. The van der Waals surface area contributed by atoms with E-state index in [1.807, 2.05) is 0 Å². The molecule has 16 heavy (non-hydrogen) atoms. The first-order valence-corrected chi connectivity index (χ1v) is 6.59. The average molecular weight is 223 g/mol. The smallest absolute Gasteiger partial charge is 0.241 e. The van der Waals surface area contributed by atoms with Crippen LogP contribution in [-0.2, 0) is 4.79 Å². The molecule has 1 N–H and O–H groups in total. The zero-order valence-corrected chi connectivity index (χ0v) is 9.98. The number of nitrogens with one attached hydrogen (secondary N) is 1. The largest absolute Gasteiger partial charge is 0.324 e. The topological polar surface area (TPSA) is 35.6 Å². The van der Waals surface area contributed by atoms with Crippen molar-refractivity contribution in [2.45, 2.75) is 50.7 Å². The Morgan fingerprint density at radius 2 is 2.19 bits per heavy atom. The lowest BCUT2D eigenvalue weighted by Gasteiger charge is -2.28. The fourth-order valence-corrected chi connectivity index (χ4v) is 3.59. The van der Waals surface area contributed by atoms with Crippen LogP contribution in [0, 0.1) is 0 Å². The number of amides is 1. The molecule has 0 aliphatic carbocycles. The van der Waals surface area contributed by atoms with Crippen molar-refractivity contribution in [2.24, 2.45) is 0 Å². The molecule has 3 saturated heterocycles. The van der Waals surface area contributed by atoms with Crippen LogP contribution in [-0.4, -0.2) is 53.6 Å². The van der Waals surface area contributed by atoms with Gasteiger partial charge in [0.05, 0.1) is 12.7 Å². The molecule has 3 fully saturated rings. The van der Waals surface area contributed by atoms with Gasteiger partial charge in [-0.15, -0.1) is 0 Å². The normalized spacial score (nSPS) is 39.7. The second kappa shape index (κ2) is 4.00. The molecule has 0 aromatic rings. The highest BCUT2D eigenvalue weighted by molar-refractivity contribution is 5.84. The van der Waals surface area contributed by atoms with Crippen LogP contribution < -0.4 is 5.32 Å². The molecule has 4 nitrogen and oxygen atoms in total. The lowest BCUT2D eigenvalue weighted by Crippen LogP contribution is -2.44. The van der Waals surface area contributed by atoms with E-state index in [0.29, 0.717) is 18.0 Å². The second-order valence-corrected chi connectivity index (χ2v) is 5.23. The Morgan fingerprint density at radius 1 is 1.31 bits per heavy atom. The average Bonchev–Trinajstić information content (AvgIpc) is 2.92. The number of hydrogen-bond donors (Lipinski definition) is 1. The fraction of sp³-hybridized carbons (Fsp3) is 0.917. The van der Waals surface area contributed by atoms with E-state index < -0.39 is 0 Å². The van der Waals surface area contributed by atoms with Gasteiger partial charge >= 0.3 is 0 Å². The summed E-state index contributed by atoms with van der Waals surface area (Å²) < 4.78 is 0. The maximum Gasteiger partial charge on any atom is 0.241 e. The molecule has 3 rings (SSSR count). The first-order chi connectivity index (χ1) is 7.81. The van der Waals surface area contributed by atoms with Crippen molar-refractivity contribution >= 4 is 5.91 Å². The van der Waals surface area contributed by atoms with Gasteiger partial charge in [0, 0.05) is 18.6 Å². The Kier molecular flexibility index (Phi) is 2.64. The van der Waals surface area contributed by atoms with Gasteiger partial charge in [-0.1, -0.05) is 6.92 Å². The van der Waals surface area contributed by atoms with Crippen molar-refractivity contribution in [1.29, 1.82) is 0 Å². The van der Waals surface area contributed by atoms with Crippen molar-refractivity contribution < 1.29 is 4.79 Å². The molecule has 3 unspecified atom stereocenters. The van der Waals surface area contributed by atoms with Gasteiger partial charge in [0.15, 0.2) is 0 Å². The Balaban J connectivity index is 1.72. The standard InChI is InChI=1S/C12H21N3O/c1-2-9-12(16)15(8-13-9)11-5-7-14-6-3-4-10(11)14/h9-11,13H,2-8H2,1H3. The summed E-state index contributed by atoms with van der Waals surface area (Å²) in [7, 11) is 0. The van der Waals surface area contributed by atoms with Crippen LogP contribution in [0.3, 0.4) is 0 Å². The van der Waals surface area contributed by atoms with Crippen molar-refractivity contribution in [3.8, 4) is 0 Å². The maximum atomic E-state index is 12.2. The number of fused-ring (bicyclic) bond motifs is 1. The molecule has 4 heteroatoms. The number of nitrogens with zero attached hydrogens (tertiary/aromatic N) is 2. The summed E-state index contributed by atoms with van der Waals surface area (Å²) in [6, 6.07) is 1.22. The van der Waals surface area contributed by atoms with E-state index >= 15 is 0 Å². The minimum absolute atomic E-state index is 0.0791. The van der Waals surface area contributed by atoms with Gasteiger partial charge in [0.2, 0.25) is 5.91 Å². The lowest BCUT2D eigenvalue weighted by atomic mass is 10.0. The van der Waals surface area contributed by atoms with Gasteiger partial charge in [-0.25, -0.2) is 0 Å². The van der Waals surface area contributed by atoms with E-state index in [-0.39, 0.29) is 6.04 Å². The Hall–Kier alpha value is -0.610. The quantitative estimate of drug-likeness (QED) is 0.735. The third kappa shape index (κ3) is 1.47. The second-order valence-electron chi connectivity index (χ2n) is 5.23. The van der Waals surface area contributed by atoms with Crippen molar-refractivity contribution in [1.82, 2.24) is 15.1 Å². The number of rotatable bonds is 2. The highest BCUT2D eigenvalue weighted by atomic mass is 16.2. The molecule has 1 amide bonds. The van der Waals surface area contributed by atoms with Gasteiger partial charge < -0.3 is 4.90 Å². The number of carbonyl (C=O) groups is 1. The van der Waals surface area contributed by atoms with Gasteiger partial charge in [-0.2, -0.15) is 0 Å². The summed E-state index contributed by atoms with van der Waals surface area (Å²) in [6.07, 6.45) is 4.68. The van der Waals surface area contributed by atoms with Gasteiger partial charge in [-0.05, 0) is 32.2 Å². The summed E-state index contributed by atoms with van der Waals surface area (Å²) >= 11 is 0. The van der Waals surface area contributed by atoms with E-state index in [0.717, 1.165) is 13.1 Å². The SMILES string of the molecule is CCC1NCN(C2CCN3CCCC23)C1=O. The molecular formula is C12H21N3O. The molecule has 0 spiro atoms.